The number of aliphatic hydroxyl groups is 3. The van der Waals surface area contributed by atoms with Crippen LogP contribution in [0.2, 0.25) is 0 Å². The van der Waals surface area contributed by atoms with Gasteiger partial charge >= 0.3 is 0 Å². The molecule has 8 heteroatoms. The molecule has 0 spiro atoms. The number of ether oxygens (including phenoxy) is 2. The Morgan fingerprint density at radius 1 is 1.00 bits per heavy atom. The van der Waals surface area contributed by atoms with Gasteiger partial charge in [-0.2, -0.15) is 0 Å². The molecule has 3 saturated carbocycles. The van der Waals surface area contributed by atoms with Gasteiger partial charge in [-0.1, -0.05) is 78.4 Å². The van der Waals surface area contributed by atoms with E-state index in [1.54, 1.807) is 5.57 Å². The quantitative estimate of drug-likeness (QED) is 0.0966. The molecule has 1 aliphatic heterocycles. The number of unbranched alkanes of at least 4 members (excludes halogenated alkanes) is 3. The molecular weight excluding hydrogens is 635 g/mol. The zero-order valence-corrected chi connectivity index (χ0v) is 32.5. The number of hydrogen-bond donors (Lipinski definition) is 4. The summed E-state index contributed by atoms with van der Waals surface area (Å²) in [5, 5.41) is 33.0. The van der Waals surface area contributed by atoms with Crippen molar-refractivity contribution in [2.75, 3.05) is 19.0 Å². The Morgan fingerprint density at radius 2 is 1.78 bits per heavy atom. The monoisotopic (exact) mass is 706 g/mol. The summed E-state index contributed by atoms with van der Waals surface area (Å²) in [6, 6.07) is -0.706. The van der Waals surface area contributed by atoms with Crippen molar-refractivity contribution in [3.05, 3.63) is 11.6 Å². The number of rotatable bonds is 16. The second-order valence-electron chi connectivity index (χ2n) is 17.7. The number of aliphatic hydroxyl groups excluding tert-OH is 3. The van der Waals surface area contributed by atoms with Crippen LogP contribution in [0.1, 0.15) is 138 Å². The second kappa shape index (κ2) is 17.5. The number of hydrogen-bond acceptors (Lipinski definition) is 7. The van der Waals surface area contributed by atoms with Crippen molar-refractivity contribution in [1.82, 2.24) is 5.32 Å². The first-order valence-electron chi connectivity index (χ1n) is 20.2. The third kappa shape index (κ3) is 8.95. The zero-order chi connectivity index (χ0) is 35.3. The number of fused-ring (bicyclic) bond motifs is 5. The normalized spacial score (nSPS) is 41.1. The molecule has 5 rings (SSSR count). The van der Waals surface area contributed by atoms with Crippen LogP contribution in [-0.4, -0.2) is 76.1 Å². The molecule has 0 bridgehead atoms. The van der Waals surface area contributed by atoms with E-state index in [1.165, 1.54) is 82.9 Å². The van der Waals surface area contributed by atoms with E-state index in [-0.39, 0.29) is 12.5 Å². The second-order valence-corrected chi connectivity index (χ2v) is 18.9. The maximum Gasteiger partial charge on any atom is 0.217 e. The van der Waals surface area contributed by atoms with Crippen molar-refractivity contribution in [2.45, 2.75) is 174 Å². The molecule has 49 heavy (non-hydrogen) atoms. The van der Waals surface area contributed by atoms with Gasteiger partial charge in [0.15, 0.2) is 0 Å². The molecule has 0 aromatic heterocycles. The van der Waals surface area contributed by atoms with E-state index in [0.29, 0.717) is 16.9 Å². The largest absolute Gasteiger partial charge is 0.394 e. The summed E-state index contributed by atoms with van der Waals surface area (Å²) >= 11 is 1.53. The zero-order valence-electron chi connectivity index (χ0n) is 31.7. The number of thioether (sulfide) groups is 1. The number of amides is 1. The maximum absolute atomic E-state index is 11.7. The summed E-state index contributed by atoms with van der Waals surface area (Å²) in [6.07, 6.45) is 18.9. The van der Waals surface area contributed by atoms with Crippen LogP contribution in [0, 0.1) is 46.3 Å². The smallest absolute Gasteiger partial charge is 0.217 e. The molecule has 4 N–H and O–H groups in total. The maximum atomic E-state index is 11.7. The fourth-order valence-electron chi connectivity index (χ4n) is 11.4. The first-order chi connectivity index (χ1) is 23.4. The highest BCUT2D eigenvalue weighted by atomic mass is 32.2. The van der Waals surface area contributed by atoms with Gasteiger partial charge in [0.2, 0.25) is 5.91 Å². The Kier molecular flexibility index (Phi) is 14.1. The van der Waals surface area contributed by atoms with E-state index >= 15 is 0 Å². The Hall–Kier alpha value is -0.640. The summed E-state index contributed by atoms with van der Waals surface area (Å²) < 4.78 is 12.3. The Bertz CT molecular complexity index is 1100. The van der Waals surface area contributed by atoms with Gasteiger partial charge in [-0.25, -0.2) is 0 Å². The average Bonchev–Trinajstić information content (AvgIpc) is 3.42. The molecule has 0 aromatic carbocycles. The lowest BCUT2D eigenvalue weighted by molar-refractivity contribution is -0.173. The van der Waals surface area contributed by atoms with Crippen molar-refractivity contribution in [3.63, 3.8) is 0 Å². The number of allylic oxidation sites excluding steroid dienone is 1. The molecule has 1 saturated heterocycles. The fourth-order valence-corrected chi connectivity index (χ4v) is 12.7. The summed E-state index contributed by atoms with van der Waals surface area (Å²) in [5.74, 6) is 5.80. The van der Waals surface area contributed by atoms with Gasteiger partial charge in [-0.3, -0.25) is 4.79 Å². The van der Waals surface area contributed by atoms with Crippen molar-refractivity contribution in [2.24, 2.45) is 46.3 Å². The van der Waals surface area contributed by atoms with E-state index in [1.807, 2.05) is 0 Å². The van der Waals surface area contributed by atoms with Crippen LogP contribution in [0.15, 0.2) is 11.6 Å². The van der Waals surface area contributed by atoms with Crippen molar-refractivity contribution in [1.29, 1.82) is 0 Å². The van der Waals surface area contributed by atoms with Gasteiger partial charge in [0, 0.05) is 13.5 Å². The first-order valence-corrected chi connectivity index (χ1v) is 21.3. The standard InChI is InChI=1S/C41H71NO6S/c1-26(2)12-11-13-27(3)32-16-17-33-31-15-14-29-24-30(18-20-40(29,5)34(31)19-21-41(32,33)6)47-22-9-7-8-10-23-49-39-36(42-28(4)44)38(46)37(45)35(25-43)48-39/h14,26-27,30-39,43,45-46H,7-13,15-25H2,1-6H3,(H,42,44)/t27-,30?,31?,32-,33?,34?,35-,36-,37+,38-,39+,40+,41-/m1/s1. The molecule has 4 unspecified atom stereocenters. The van der Waals surface area contributed by atoms with Gasteiger partial charge in [-0.15, -0.1) is 11.8 Å². The molecule has 7 nitrogen and oxygen atoms in total. The topological polar surface area (TPSA) is 108 Å². The molecule has 0 radical (unpaired) electrons. The van der Waals surface area contributed by atoms with Crippen molar-refractivity contribution < 1.29 is 29.6 Å². The lowest BCUT2D eigenvalue weighted by atomic mass is 9.47. The molecule has 1 heterocycles. The van der Waals surface area contributed by atoms with Crippen LogP contribution in [-0.2, 0) is 14.3 Å². The van der Waals surface area contributed by atoms with Crippen molar-refractivity contribution in [3.8, 4) is 0 Å². The highest BCUT2D eigenvalue weighted by molar-refractivity contribution is 7.99. The van der Waals surface area contributed by atoms with Crippen LogP contribution >= 0.6 is 11.8 Å². The molecular formula is C41H71NO6S. The first kappa shape index (κ1) is 39.6. The van der Waals surface area contributed by atoms with Gasteiger partial charge in [0.05, 0.1) is 18.8 Å². The van der Waals surface area contributed by atoms with E-state index < -0.39 is 29.8 Å². The summed E-state index contributed by atoms with van der Waals surface area (Å²) in [5.41, 5.74) is 2.12. The summed E-state index contributed by atoms with van der Waals surface area (Å²) in [6.45, 7) is 14.5. The third-order valence-electron chi connectivity index (χ3n) is 14.2. The van der Waals surface area contributed by atoms with Crippen LogP contribution in [0.5, 0.6) is 0 Å². The Labute approximate surface area is 302 Å². The Balaban J connectivity index is 1.02. The predicted molar refractivity (Wildman–Crippen MR) is 199 cm³/mol. The lowest BCUT2D eigenvalue weighted by Crippen LogP contribution is -2.63. The fraction of sp³-hybridized carbons (Fsp3) is 0.927. The lowest BCUT2D eigenvalue weighted by Gasteiger charge is -2.58. The minimum atomic E-state index is -1.23. The van der Waals surface area contributed by atoms with Crippen molar-refractivity contribution >= 4 is 17.7 Å². The van der Waals surface area contributed by atoms with Crippen LogP contribution in [0.3, 0.4) is 0 Å². The number of carbonyl (C=O) groups excluding carboxylic acids is 1. The Morgan fingerprint density at radius 3 is 2.51 bits per heavy atom. The molecule has 1 amide bonds. The third-order valence-corrected chi connectivity index (χ3v) is 15.4. The molecule has 282 valence electrons. The average molecular weight is 706 g/mol. The molecule has 5 aliphatic rings. The number of nitrogens with one attached hydrogen (secondary N) is 1. The SMILES string of the molecule is CC(=O)N[C@@H]1[C@@H](O)[C@@H](O)[C@@H](CO)O[C@H]1SCCCCCCOC1CC[C@@]2(C)C(=CCC3C2CC[C@@]2(C)C3CC[C@@H]2[C@H](C)CCCC(C)C)C1. The van der Waals surface area contributed by atoms with E-state index in [4.69, 9.17) is 9.47 Å². The van der Waals surface area contributed by atoms with Gasteiger partial charge in [-0.05, 0) is 116 Å². The predicted octanol–water partition coefficient (Wildman–Crippen LogP) is 7.65. The molecule has 0 aromatic rings. The molecule has 4 aliphatic carbocycles. The number of carbonyl (C=O) groups is 1. The minimum absolute atomic E-state index is 0.281. The summed E-state index contributed by atoms with van der Waals surface area (Å²) in [7, 11) is 0. The van der Waals surface area contributed by atoms with E-state index in [9.17, 15) is 20.1 Å². The van der Waals surface area contributed by atoms with Gasteiger partial charge in [0.25, 0.3) is 0 Å². The summed E-state index contributed by atoms with van der Waals surface area (Å²) in [4.78, 5) is 11.7. The van der Waals surface area contributed by atoms with Gasteiger partial charge in [0.1, 0.15) is 23.7 Å². The van der Waals surface area contributed by atoms with Crippen LogP contribution in [0.4, 0.5) is 0 Å². The molecule has 4 fully saturated rings. The molecule has 13 atom stereocenters. The van der Waals surface area contributed by atoms with E-state index in [0.717, 1.165) is 80.0 Å². The van der Waals surface area contributed by atoms with Crippen LogP contribution in [0.25, 0.3) is 0 Å². The van der Waals surface area contributed by atoms with E-state index in [2.05, 4.69) is 46.0 Å². The highest BCUT2D eigenvalue weighted by Crippen LogP contribution is 2.67. The van der Waals surface area contributed by atoms with Crippen LogP contribution < -0.4 is 5.32 Å². The van der Waals surface area contributed by atoms with Gasteiger partial charge < -0.3 is 30.1 Å². The minimum Gasteiger partial charge on any atom is -0.394 e. The highest BCUT2D eigenvalue weighted by Gasteiger charge is 2.59.